The number of likely N-dealkylation sites (tertiary alicyclic amines) is 1. The standard InChI is InChI=1S/C17H35N3/c1-12(2)16(13(3)4)9-19-17(10-18)8-14(5)20(11-17)15-6-7-15/h12-16,19H,6-11,18H2,1-5H3. The van der Waals surface area contributed by atoms with Gasteiger partial charge in [0.15, 0.2) is 0 Å². The summed E-state index contributed by atoms with van der Waals surface area (Å²) >= 11 is 0. The van der Waals surface area contributed by atoms with Gasteiger partial charge in [-0.2, -0.15) is 0 Å². The van der Waals surface area contributed by atoms with E-state index in [1.165, 1.54) is 19.3 Å². The summed E-state index contributed by atoms with van der Waals surface area (Å²) in [5.41, 5.74) is 6.32. The van der Waals surface area contributed by atoms with Crippen LogP contribution in [0.15, 0.2) is 0 Å². The minimum Gasteiger partial charge on any atom is -0.329 e. The quantitative estimate of drug-likeness (QED) is 0.753. The number of rotatable bonds is 7. The normalized spacial score (nSPS) is 31.9. The maximum absolute atomic E-state index is 6.16. The first kappa shape index (κ1) is 16.3. The molecular formula is C17H35N3. The number of hydrogen-bond donors (Lipinski definition) is 2. The summed E-state index contributed by atoms with van der Waals surface area (Å²) in [5, 5.41) is 3.88. The molecular weight excluding hydrogens is 246 g/mol. The average molecular weight is 281 g/mol. The van der Waals surface area contributed by atoms with Gasteiger partial charge in [0.1, 0.15) is 0 Å². The van der Waals surface area contributed by atoms with E-state index >= 15 is 0 Å². The maximum atomic E-state index is 6.16. The Labute approximate surface area is 125 Å². The average Bonchev–Trinajstić information content (AvgIpc) is 3.14. The minimum atomic E-state index is 0.157. The van der Waals surface area contributed by atoms with Gasteiger partial charge in [-0.1, -0.05) is 27.7 Å². The molecule has 0 radical (unpaired) electrons. The molecule has 2 atom stereocenters. The molecule has 3 nitrogen and oxygen atoms in total. The van der Waals surface area contributed by atoms with Crippen molar-refractivity contribution in [2.24, 2.45) is 23.5 Å². The lowest BCUT2D eigenvalue weighted by molar-refractivity contribution is 0.217. The van der Waals surface area contributed by atoms with Crippen molar-refractivity contribution in [2.75, 3.05) is 19.6 Å². The second-order valence-corrected chi connectivity index (χ2v) is 7.97. The van der Waals surface area contributed by atoms with E-state index in [0.717, 1.165) is 43.4 Å². The van der Waals surface area contributed by atoms with Crippen LogP contribution in [0.25, 0.3) is 0 Å². The molecule has 2 aliphatic rings. The molecule has 0 aromatic heterocycles. The van der Waals surface area contributed by atoms with Gasteiger partial charge in [-0.05, 0) is 50.5 Å². The first-order valence-electron chi connectivity index (χ1n) is 8.59. The lowest BCUT2D eigenvalue weighted by atomic mass is 9.84. The predicted molar refractivity (Wildman–Crippen MR) is 86.8 cm³/mol. The summed E-state index contributed by atoms with van der Waals surface area (Å²) in [6.07, 6.45) is 4.00. The second kappa shape index (κ2) is 6.33. The van der Waals surface area contributed by atoms with Crippen LogP contribution in [0.5, 0.6) is 0 Å². The van der Waals surface area contributed by atoms with E-state index in [4.69, 9.17) is 5.73 Å². The van der Waals surface area contributed by atoms with E-state index in [1.54, 1.807) is 0 Å². The molecule has 3 N–H and O–H groups in total. The molecule has 118 valence electrons. The first-order chi connectivity index (χ1) is 9.38. The van der Waals surface area contributed by atoms with E-state index in [0.29, 0.717) is 6.04 Å². The van der Waals surface area contributed by atoms with Gasteiger partial charge in [0.2, 0.25) is 0 Å². The third-order valence-electron chi connectivity index (χ3n) is 5.57. The van der Waals surface area contributed by atoms with Gasteiger partial charge in [0.25, 0.3) is 0 Å². The zero-order valence-electron chi connectivity index (χ0n) is 14.2. The summed E-state index contributed by atoms with van der Waals surface area (Å²) < 4.78 is 0. The largest absolute Gasteiger partial charge is 0.329 e. The molecule has 1 heterocycles. The summed E-state index contributed by atoms with van der Waals surface area (Å²) in [5.74, 6) is 2.20. The van der Waals surface area contributed by atoms with Crippen LogP contribution in [-0.4, -0.2) is 42.2 Å². The molecule has 2 rings (SSSR count). The summed E-state index contributed by atoms with van der Waals surface area (Å²) in [7, 11) is 0. The lowest BCUT2D eigenvalue weighted by Crippen LogP contribution is -2.55. The summed E-state index contributed by atoms with van der Waals surface area (Å²) in [6, 6.07) is 1.54. The highest BCUT2D eigenvalue weighted by Crippen LogP contribution is 2.37. The zero-order valence-corrected chi connectivity index (χ0v) is 14.2. The van der Waals surface area contributed by atoms with Crippen molar-refractivity contribution in [1.82, 2.24) is 10.2 Å². The highest BCUT2D eigenvalue weighted by Gasteiger charge is 2.46. The van der Waals surface area contributed by atoms with Crippen LogP contribution in [0.4, 0.5) is 0 Å². The van der Waals surface area contributed by atoms with Crippen molar-refractivity contribution in [3.8, 4) is 0 Å². The van der Waals surface area contributed by atoms with Gasteiger partial charge >= 0.3 is 0 Å². The first-order valence-corrected chi connectivity index (χ1v) is 8.59. The molecule has 20 heavy (non-hydrogen) atoms. The Morgan fingerprint density at radius 3 is 2.25 bits per heavy atom. The Bertz CT molecular complexity index is 303. The predicted octanol–water partition coefficient (Wildman–Crippen LogP) is 2.46. The van der Waals surface area contributed by atoms with Gasteiger partial charge in [0.05, 0.1) is 0 Å². The van der Waals surface area contributed by atoms with Crippen LogP contribution in [-0.2, 0) is 0 Å². The van der Waals surface area contributed by atoms with E-state index in [-0.39, 0.29) is 5.54 Å². The SMILES string of the molecule is CC(C)C(CNC1(CN)CC(C)N(C2CC2)C1)C(C)C. The van der Waals surface area contributed by atoms with Crippen molar-refractivity contribution < 1.29 is 0 Å². The zero-order chi connectivity index (χ0) is 14.9. The van der Waals surface area contributed by atoms with Crippen LogP contribution < -0.4 is 11.1 Å². The van der Waals surface area contributed by atoms with Gasteiger partial charge in [-0.15, -0.1) is 0 Å². The van der Waals surface area contributed by atoms with Gasteiger partial charge in [-0.25, -0.2) is 0 Å². The molecule has 0 aromatic carbocycles. The van der Waals surface area contributed by atoms with Gasteiger partial charge in [-0.3, -0.25) is 4.90 Å². The molecule has 2 unspecified atom stereocenters. The minimum absolute atomic E-state index is 0.157. The Kier molecular flexibility index (Phi) is 5.14. The molecule has 1 saturated carbocycles. The molecule has 0 amide bonds. The number of hydrogen-bond acceptors (Lipinski definition) is 3. The Morgan fingerprint density at radius 1 is 1.20 bits per heavy atom. The van der Waals surface area contributed by atoms with E-state index < -0.39 is 0 Å². The van der Waals surface area contributed by atoms with Gasteiger partial charge < -0.3 is 11.1 Å². The molecule has 1 saturated heterocycles. The monoisotopic (exact) mass is 281 g/mol. The number of nitrogens with two attached hydrogens (primary N) is 1. The fourth-order valence-corrected chi connectivity index (χ4v) is 4.07. The van der Waals surface area contributed by atoms with Crippen LogP contribution in [0.2, 0.25) is 0 Å². The Morgan fingerprint density at radius 2 is 1.80 bits per heavy atom. The Hall–Kier alpha value is -0.120. The highest BCUT2D eigenvalue weighted by molar-refractivity contribution is 5.06. The second-order valence-electron chi connectivity index (χ2n) is 7.97. The van der Waals surface area contributed by atoms with Crippen molar-refractivity contribution in [1.29, 1.82) is 0 Å². The van der Waals surface area contributed by atoms with Crippen molar-refractivity contribution >= 4 is 0 Å². The molecule has 1 aliphatic carbocycles. The topological polar surface area (TPSA) is 41.3 Å². The fourth-order valence-electron chi connectivity index (χ4n) is 4.07. The van der Waals surface area contributed by atoms with Crippen molar-refractivity contribution in [2.45, 2.75) is 71.5 Å². The third-order valence-corrected chi connectivity index (χ3v) is 5.57. The number of nitrogens with one attached hydrogen (secondary N) is 1. The fraction of sp³-hybridized carbons (Fsp3) is 1.00. The van der Waals surface area contributed by atoms with Crippen LogP contribution in [0.3, 0.4) is 0 Å². The van der Waals surface area contributed by atoms with Crippen LogP contribution in [0.1, 0.15) is 53.9 Å². The lowest BCUT2D eigenvalue weighted by Gasteiger charge is -2.34. The molecule has 2 fully saturated rings. The Balaban J connectivity index is 1.94. The molecule has 1 aliphatic heterocycles. The van der Waals surface area contributed by atoms with E-state index in [2.05, 4.69) is 44.8 Å². The highest BCUT2D eigenvalue weighted by atomic mass is 15.3. The molecule has 0 aromatic rings. The third kappa shape index (κ3) is 3.55. The molecule has 3 heteroatoms. The summed E-state index contributed by atoms with van der Waals surface area (Å²) in [4.78, 5) is 2.69. The van der Waals surface area contributed by atoms with E-state index in [9.17, 15) is 0 Å². The van der Waals surface area contributed by atoms with Gasteiger partial charge in [0, 0.05) is 30.7 Å². The molecule has 0 spiro atoms. The molecule has 0 bridgehead atoms. The summed E-state index contributed by atoms with van der Waals surface area (Å²) in [6.45, 7) is 14.8. The smallest absolute Gasteiger partial charge is 0.0447 e. The maximum Gasteiger partial charge on any atom is 0.0447 e. The number of nitrogens with zero attached hydrogens (tertiary/aromatic N) is 1. The van der Waals surface area contributed by atoms with E-state index in [1.807, 2.05) is 0 Å². The van der Waals surface area contributed by atoms with Crippen molar-refractivity contribution in [3.63, 3.8) is 0 Å². The van der Waals surface area contributed by atoms with Crippen molar-refractivity contribution in [3.05, 3.63) is 0 Å². The van der Waals surface area contributed by atoms with Crippen LogP contribution in [0, 0.1) is 17.8 Å². The van der Waals surface area contributed by atoms with Crippen LogP contribution >= 0.6 is 0 Å².